The van der Waals surface area contributed by atoms with Gasteiger partial charge in [0.05, 0.1) is 12.4 Å². The number of nitrogens with one attached hydrogen (secondary N) is 1. The Hall–Kier alpha value is -1.98. The maximum absolute atomic E-state index is 4.58. The van der Waals surface area contributed by atoms with E-state index in [4.69, 9.17) is 0 Å². The third-order valence-corrected chi connectivity index (χ3v) is 4.24. The minimum atomic E-state index is 0.311. The number of hydrogen-bond acceptors (Lipinski definition) is 5. The topological polar surface area (TPSA) is 68.5 Å². The molecular formula is C15H22N6. The van der Waals surface area contributed by atoms with Gasteiger partial charge >= 0.3 is 0 Å². The third-order valence-electron chi connectivity index (χ3n) is 4.24. The molecule has 0 bridgehead atoms. The molecule has 2 atom stereocenters. The highest BCUT2D eigenvalue weighted by atomic mass is 15.3. The SMILES string of the molecule is CC(C)(C)C1CCCC1Nc1cncc(-n2cncn2)n1. The molecule has 0 aliphatic heterocycles. The Morgan fingerprint density at radius 2 is 2.05 bits per heavy atom. The van der Waals surface area contributed by atoms with E-state index in [1.165, 1.54) is 25.6 Å². The predicted molar refractivity (Wildman–Crippen MR) is 81.2 cm³/mol. The van der Waals surface area contributed by atoms with Crippen LogP contribution in [0.25, 0.3) is 5.82 Å². The van der Waals surface area contributed by atoms with Gasteiger partial charge in [-0.3, -0.25) is 4.98 Å². The zero-order chi connectivity index (χ0) is 14.9. The number of hydrogen-bond donors (Lipinski definition) is 1. The largest absolute Gasteiger partial charge is 0.366 e. The van der Waals surface area contributed by atoms with Crippen LogP contribution in [0.3, 0.4) is 0 Å². The van der Waals surface area contributed by atoms with Crippen molar-refractivity contribution < 1.29 is 0 Å². The van der Waals surface area contributed by atoms with Gasteiger partial charge in [0, 0.05) is 6.04 Å². The number of rotatable bonds is 3. The molecule has 21 heavy (non-hydrogen) atoms. The van der Waals surface area contributed by atoms with Crippen molar-refractivity contribution in [3.05, 3.63) is 25.0 Å². The highest BCUT2D eigenvalue weighted by molar-refractivity contribution is 5.37. The van der Waals surface area contributed by atoms with Crippen LogP contribution in [0, 0.1) is 11.3 Å². The first-order chi connectivity index (χ1) is 10.0. The van der Waals surface area contributed by atoms with Gasteiger partial charge in [-0.1, -0.05) is 27.2 Å². The second kappa shape index (κ2) is 5.42. The average molecular weight is 286 g/mol. The normalized spacial score (nSPS) is 22.4. The Kier molecular flexibility index (Phi) is 3.61. The fourth-order valence-electron chi connectivity index (χ4n) is 3.22. The fourth-order valence-corrected chi connectivity index (χ4v) is 3.22. The predicted octanol–water partition coefficient (Wildman–Crippen LogP) is 2.68. The molecule has 3 rings (SSSR count). The molecule has 1 aliphatic rings. The second-order valence-electron chi connectivity index (χ2n) is 6.76. The van der Waals surface area contributed by atoms with Crippen molar-refractivity contribution in [1.29, 1.82) is 0 Å². The summed E-state index contributed by atoms with van der Waals surface area (Å²) < 4.78 is 1.62. The average Bonchev–Trinajstić information content (AvgIpc) is 3.09. The maximum Gasteiger partial charge on any atom is 0.175 e. The molecule has 1 N–H and O–H groups in total. The van der Waals surface area contributed by atoms with Crippen LogP contribution in [-0.4, -0.2) is 30.8 Å². The summed E-state index contributed by atoms with van der Waals surface area (Å²) >= 11 is 0. The molecule has 2 heterocycles. The van der Waals surface area contributed by atoms with Crippen LogP contribution in [0.15, 0.2) is 25.0 Å². The molecule has 2 aromatic rings. The minimum absolute atomic E-state index is 0.311. The summed E-state index contributed by atoms with van der Waals surface area (Å²) in [6, 6.07) is 0.463. The molecule has 6 nitrogen and oxygen atoms in total. The maximum atomic E-state index is 4.58. The lowest BCUT2D eigenvalue weighted by Gasteiger charge is -2.33. The minimum Gasteiger partial charge on any atom is -0.366 e. The molecule has 6 heteroatoms. The van der Waals surface area contributed by atoms with Crippen molar-refractivity contribution in [3.63, 3.8) is 0 Å². The molecule has 2 aromatic heterocycles. The van der Waals surface area contributed by atoms with Crippen molar-refractivity contribution in [2.24, 2.45) is 11.3 Å². The zero-order valence-electron chi connectivity index (χ0n) is 12.8. The number of aromatic nitrogens is 5. The van der Waals surface area contributed by atoms with E-state index in [2.05, 4.69) is 46.1 Å². The molecule has 0 spiro atoms. The van der Waals surface area contributed by atoms with E-state index in [0.717, 1.165) is 5.82 Å². The Balaban J connectivity index is 1.78. The van der Waals surface area contributed by atoms with Crippen LogP contribution in [0.2, 0.25) is 0 Å². The lowest BCUT2D eigenvalue weighted by molar-refractivity contribution is 0.232. The summed E-state index contributed by atoms with van der Waals surface area (Å²) in [5.74, 6) is 2.15. The Morgan fingerprint density at radius 3 is 2.76 bits per heavy atom. The van der Waals surface area contributed by atoms with Gasteiger partial charge < -0.3 is 5.32 Å². The van der Waals surface area contributed by atoms with Crippen molar-refractivity contribution in [1.82, 2.24) is 24.7 Å². The fraction of sp³-hybridized carbons (Fsp3) is 0.600. The first-order valence-electron chi connectivity index (χ1n) is 7.47. The van der Waals surface area contributed by atoms with Gasteiger partial charge in [-0.2, -0.15) is 5.10 Å². The van der Waals surface area contributed by atoms with E-state index in [-0.39, 0.29) is 0 Å². The van der Waals surface area contributed by atoms with Gasteiger partial charge in [-0.25, -0.2) is 14.6 Å². The molecular weight excluding hydrogens is 264 g/mol. The summed E-state index contributed by atoms with van der Waals surface area (Å²) in [6.45, 7) is 6.94. The first kappa shape index (κ1) is 14.0. The Labute approximate surface area is 125 Å². The number of nitrogens with zero attached hydrogens (tertiary/aromatic N) is 5. The first-order valence-corrected chi connectivity index (χ1v) is 7.47. The van der Waals surface area contributed by atoms with Gasteiger partial charge in [0.25, 0.3) is 0 Å². The van der Waals surface area contributed by atoms with Crippen LogP contribution >= 0.6 is 0 Å². The van der Waals surface area contributed by atoms with Crippen LogP contribution in [0.5, 0.6) is 0 Å². The summed E-state index contributed by atoms with van der Waals surface area (Å²) in [6.07, 6.45) is 10.3. The van der Waals surface area contributed by atoms with Crippen molar-refractivity contribution >= 4 is 5.82 Å². The van der Waals surface area contributed by atoms with Crippen LogP contribution in [0.4, 0.5) is 5.82 Å². The molecule has 0 aromatic carbocycles. The summed E-state index contributed by atoms with van der Waals surface area (Å²) in [5, 5.41) is 7.65. The lowest BCUT2D eigenvalue weighted by Crippen LogP contribution is -2.33. The molecule has 1 saturated carbocycles. The monoisotopic (exact) mass is 286 g/mol. The van der Waals surface area contributed by atoms with Gasteiger partial charge in [-0.05, 0) is 24.2 Å². The Bertz CT molecular complexity index is 586. The molecule has 112 valence electrons. The third kappa shape index (κ3) is 3.04. The standard InChI is InChI=1S/C15H22N6/c1-15(2,3)11-5-4-6-12(11)19-13-7-16-8-14(20-13)21-10-17-9-18-21/h7-12H,4-6H2,1-3H3,(H,19,20). The van der Waals surface area contributed by atoms with E-state index in [0.29, 0.717) is 23.2 Å². The van der Waals surface area contributed by atoms with Gasteiger partial charge in [0.2, 0.25) is 0 Å². The molecule has 1 fully saturated rings. The van der Waals surface area contributed by atoms with Crippen molar-refractivity contribution in [3.8, 4) is 5.82 Å². The molecule has 0 amide bonds. The lowest BCUT2D eigenvalue weighted by atomic mass is 9.77. The van der Waals surface area contributed by atoms with Crippen LogP contribution in [-0.2, 0) is 0 Å². The van der Waals surface area contributed by atoms with E-state index in [1.807, 2.05) is 0 Å². The molecule has 0 radical (unpaired) electrons. The summed E-state index contributed by atoms with van der Waals surface area (Å²) in [4.78, 5) is 12.8. The highest BCUT2D eigenvalue weighted by Gasteiger charge is 2.36. The molecule has 2 unspecified atom stereocenters. The van der Waals surface area contributed by atoms with E-state index in [1.54, 1.807) is 23.4 Å². The van der Waals surface area contributed by atoms with Gasteiger partial charge in [0.1, 0.15) is 18.5 Å². The van der Waals surface area contributed by atoms with E-state index in [9.17, 15) is 0 Å². The van der Waals surface area contributed by atoms with E-state index < -0.39 is 0 Å². The second-order valence-corrected chi connectivity index (χ2v) is 6.76. The van der Waals surface area contributed by atoms with Crippen molar-refractivity contribution in [2.45, 2.75) is 46.1 Å². The smallest absolute Gasteiger partial charge is 0.175 e. The summed E-state index contributed by atoms with van der Waals surface area (Å²) in [5.41, 5.74) is 0.311. The van der Waals surface area contributed by atoms with Crippen molar-refractivity contribution in [2.75, 3.05) is 5.32 Å². The zero-order valence-corrected chi connectivity index (χ0v) is 12.8. The molecule has 0 saturated heterocycles. The van der Waals surface area contributed by atoms with Crippen LogP contribution < -0.4 is 5.32 Å². The van der Waals surface area contributed by atoms with Gasteiger partial charge in [0.15, 0.2) is 5.82 Å². The number of anilines is 1. The summed E-state index contributed by atoms with van der Waals surface area (Å²) in [7, 11) is 0. The van der Waals surface area contributed by atoms with Crippen LogP contribution in [0.1, 0.15) is 40.0 Å². The Morgan fingerprint density at radius 1 is 1.19 bits per heavy atom. The molecule has 1 aliphatic carbocycles. The van der Waals surface area contributed by atoms with Gasteiger partial charge in [-0.15, -0.1) is 0 Å². The quantitative estimate of drug-likeness (QED) is 0.939. The van der Waals surface area contributed by atoms with E-state index >= 15 is 0 Å². The highest BCUT2D eigenvalue weighted by Crippen LogP contribution is 2.40.